The van der Waals surface area contributed by atoms with Crippen LogP contribution in [0.3, 0.4) is 0 Å². The van der Waals surface area contributed by atoms with Crippen LogP contribution < -0.4 is 10.1 Å². The van der Waals surface area contributed by atoms with Crippen LogP contribution in [0, 0.1) is 11.3 Å². The van der Waals surface area contributed by atoms with Crippen molar-refractivity contribution in [1.29, 1.82) is 5.26 Å². The average Bonchev–Trinajstić information content (AvgIpc) is 2.45. The van der Waals surface area contributed by atoms with Gasteiger partial charge in [-0.25, -0.2) is 9.78 Å². The summed E-state index contributed by atoms with van der Waals surface area (Å²) in [6.07, 6.45) is -4.93. The molecule has 9 heteroatoms. The zero-order valence-corrected chi connectivity index (χ0v) is 11.5. The molecular formula is C13H13F3N2O4. The van der Waals surface area contributed by atoms with Gasteiger partial charge in [0.25, 0.3) is 5.91 Å². The number of carbonyl (C=O) groups excluding carboxylic acids is 1. The van der Waals surface area contributed by atoms with Crippen molar-refractivity contribution >= 4 is 5.91 Å². The number of alkyl halides is 3. The van der Waals surface area contributed by atoms with Gasteiger partial charge in [-0.2, -0.15) is 5.26 Å². The van der Waals surface area contributed by atoms with Gasteiger partial charge < -0.3 is 10.1 Å². The van der Waals surface area contributed by atoms with Gasteiger partial charge in [0.1, 0.15) is 18.4 Å². The number of nitriles is 1. The minimum absolute atomic E-state index is 0.244. The first kappa shape index (κ1) is 17.7. The first-order valence-corrected chi connectivity index (χ1v) is 6.17. The van der Waals surface area contributed by atoms with Crippen LogP contribution in [0.15, 0.2) is 24.3 Å². The molecule has 0 aliphatic heterocycles. The zero-order valence-electron chi connectivity index (χ0n) is 11.5. The molecule has 6 nitrogen and oxygen atoms in total. The molecule has 0 radical (unpaired) electrons. The van der Waals surface area contributed by atoms with Gasteiger partial charge in [-0.1, -0.05) is 12.1 Å². The van der Waals surface area contributed by atoms with E-state index in [1.165, 1.54) is 12.1 Å². The Kier molecular flexibility index (Phi) is 6.62. The number of para-hydroxylation sites is 1. The second-order valence-corrected chi connectivity index (χ2v) is 3.89. The molecule has 0 saturated heterocycles. The summed E-state index contributed by atoms with van der Waals surface area (Å²) in [7, 11) is 0. The SMILES string of the molecule is CCOOCC(C#N)NC(=O)c1ccccc1OC(F)(F)F. The van der Waals surface area contributed by atoms with Crippen molar-refractivity contribution in [3.63, 3.8) is 0 Å². The van der Waals surface area contributed by atoms with E-state index in [2.05, 4.69) is 19.8 Å². The molecule has 1 amide bonds. The zero-order chi connectivity index (χ0) is 16.6. The van der Waals surface area contributed by atoms with Crippen molar-refractivity contribution < 1.29 is 32.5 Å². The highest BCUT2D eigenvalue weighted by molar-refractivity contribution is 5.97. The Morgan fingerprint density at radius 1 is 1.36 bits per heavy atom. The normalized spacial score (nSPS) is 12.3. The molecule has 1 aromatic rings. The van der Waals surface area contributed by atoms with Crippen LogP contribution in [0.5, 0.6) is 5.75 Å². The maximum Gasteiger partial charge on any atom is 0.573 e. The van der Waals surface area contributed by atoms with E-state index in [9.17, 15) is 18.0 Å². The van der Waals surface area contributed by atoms with E-state index in [1.54, 1.807) is 13.0 Å². The summed E-state index contributed by atoms with van der Waals surface area (Å²) in [4.78, 5) is 21.1. The molecular weight excluding hydrogens is 305 g/mol. The summed E-state index contributed by atoms with van der Waals surface area (Å²) in [5.74, 6) is -1.55. The molecule has 0 heterocycles. The Bertz CT molecular complexity index is 543. The lowest BCUT2D eigenvalue weighted by Crippen LogP contribution is -2.37. The largest absolute Gasteiger partial charge is 0.573 e. The third kappa shape index (κ3) is 5.99. The van der Waals surface area contributed by atoms with Crippen molar-refractivity contribution in [1.82, 2.24) is 5.32 Å². The monoisotopic (exact) mass is 318 g/mol. The third-order valence-electron chi connectivity index (χ3n) is 2.25. The van der Waals surface area contributed by atoms with E-state index in [-0.39, 0.29) is 18.8 Å². The number of hydrogen-bond acceptors (Lipinski definition) is 5. The third-order valence-corrected chi connectivity index (χ3v) is 2.25. The fraction of sp³-hybridized carbons (Fsp3) is 0.385. The molecule has 0 fully saturated rings. The number of rotatable bonds is 7. The minimum Gasteiger partial charge on any atom is -0.405 e. The lowest BCUT2D eigenvalue weighted by atomic mass is 10.1. The maximum absolute atomic E-state index is 12.3. The molecule has 22 heavy (non-hydrogen) atoms. The van der Waals surface area contributed by atoms with Gasteiger partial charge in [-0.05, 0) is 19.1 Å². The van der Waals surface area contributed by atoms with Crippen LogP contribution in [0.1, 0.15) is 17.3 Å². The van der Waals surface area contributed by atoms with Gasteiger partial charge >= 0.3 is 6.36 Å². The molecule has 0 spiro atoms. The molecule has 1 aromatic carbocycles. The molecule has 1 N–H and O–H groups in total. The quantitative estimate of drug-likeness (QED) is 0.473. The summed E-state index contributed by atoms with van der Waals surface area (Å²) in [6.45, 7) is 1.64. The minimum atomic E-state index is -4.93. The lowest BCUT2D eigenvalue weighted by molar-refractivity contribution is -0.292. The number of benzene rings is 1. The lowest BCUT2D eigenvalue weighted by Gasteiger charge is -2.15. The molecule has 1 unspecified atom stereocenters. The molecule has 1 atom stereocenters. The standard InChI is InChI=1S/C13H13F3N2O4/c1-2-20-21-8-9(7-17)18-12(19)10-5-3-4-6-11(10)22-13(14,15)16/h3-6,9H,2,8H2,1H3,(H,18,19). The van der Waals surface area contributed by atoms with Gasteiger partial charge in [-0.15, -0.1) is 13.2 Å². The molecule has 0 saturated carbocycles. The van der Waals surface area contributed by atoms with Crippen LogP contribution in [-0.4, -0.2) is 31.5 Å². The highest BCUT2D eigenvalue weighted by Gasteiger charge is 2.33. The number of amides is 1. The van der Waals surface area contributed by atoms with Gasteiger partial charge in [-0.3, -0.25) is 4.79 Å². The molecule has 0 aromatic heterocycles. The van der Waals surface area contributed by atoms with E-state index < -0.39 is 24.1 Å². The Morgan fingerprint density at radius 3 is 2.64 bits per heavy atom. The van der Waals surface area contributed by atoms with Crippen molar-refractivity contribution in [2.45, 2.75) is 19.3 Å². The van der Waals surface area contributed by atoms with Gasteiger partial charge in [0, 0.05) is 0 Å². The topological polar surface area (TPSA) is 80.6 Å². The van der Waals surface area contributed by atoms with Gasteiger partial charge in [0.05, 0.1) is 18.2 Å². The van der Waals surface area contributed by atoms with E-state index in [4.69, 9.17) is 5.26 Å². The number of nitrogens with one attached hydrogen (secondary N) is 1. The summed E-state index contributed by atoms with van der Waals surface area (Å²) >= 11 is 0. The highest BCUT2D eigenvalue weighted by Crippen LogP contribution is 2.26. The predicted octanol–water partition coefficient (Wildman–Crippen LogP) is 2.18. The second-order valence-electron chi connectivity index (χ2n) is 3.89. The number of ether oxygens (including phenoxy) is 1. The smallest absolute Gasteiger partial charge is 0.405 e. The van der Waals surface area contributed by atoms with E-state index in [1.807, 2.05) is 0 Å². The maximum atomic E-state index is 12.3. The molecule has 1 rings (SSSR count). The van der Waals surface area contributed by atoms with E-state index >= 15 is 0 Å². The number of halogens is 3. The van der Waals surface area contributed by atoms with E-state index in [0.717, 1.165) is 12.1 Å². The van der Waals surface area contributed by atoms with Crippen LogP contribution in [0.25, 0.3) is 0 Å². The fourth-order valence-corrected chi connectivity index (χ4v) is 1.41. The van der Waals surface area contributed by atoms with Crippen molar-refractivity contribution in [2.24, 2.45) is 0 Å². The number of carbonyl (C=O) groups is 1. The Labute approximate surface area is 124 Å². The highest BCUT2D eigenvalue weighted by atomic mass is 19.4. The van der Waals surface area contributed by atoms with Crippen molar-refractivity contribution in [3.8, 4) is 11.8 Å². The number of hydrogen-bond donors (Lipinski definition) is 1. The summed E-state index contributed by atoms with van der Waals surface area (Å²) in [5.41, 5.74) is -0.350. The Hall–Kier alpha value is -2.31. The molecule has 0 bridgehead atoms. The first-order valence-electron chi connectivity index (χ1n) is 6.17. The first-order chi connectivity index (χ1) is 10.4. The molecule has 0 aliphatic carbocycles. The molecule has 0 aliphatic rings. The van der Waals surface area contributed by atoms with Crippen molar-refractivity contribution in [2.75, 3.05) is 13.2 Å². The van der Waals surface area contributed by atoms with Gasteiger partial charge in [0.15, 0.2) is 0 Å². The summed E-state index contributed by atoms with van der Waals surface area (Å²) in [6, 6.07) is 5.45. The van der Waals surface area contributed by atoms with Gasteiger partial charge in [0.2, 0.25) is 0 Å². The van der Waals surface area contributed by atoms with Crippen molar-refractivity contribution in [3.05, 3.63) is 29.8 Å². The number of nitrogens with zero attached hydrogens (tertiary/aromatic N) is 1. The predicted molar refractivity (Wildman–Crippen MR) is 67.6 cm³/mol. The van der Waals surface area contributed by atoms with Crippen LogP contribution >= 0.6 is 0 Å². The second kappa shape index (κ2) is 8.21. The molecule has 120 valence electrons. The van der Waals surface area contributed by atoms with Crippen LogP contribution in [0.2, 0.25) is 0 Å². The fourth-order valence-electron chi connectivity index (χ4n) is 1.41. The average molecular weight is 318 g/mol. The Morgan fingerprint density at radius 2 is 2.05 bits per heavy atom. The summed E-state index contributed by atoms with van der Waals surface area (Å²) in [5, 5.41) is 11.1. The Balaban J connectivity index is 2.78. The summed E-state index contributed by atoms with van der Waals surface area (Å²) < 4.78 is 40.6. The van der Waals surface area contributed by atoms with E-state index in [0.29, 0.717) is 0 Å². The van der Waals surface area contributed by atoms with Crippen LogP contribution in [0.4, 0.5) is 13.2 Å². The van der Waals surface area contributed by atoms with Crippen LogP contribution in [-0.2, 0) is 9.78 Å².